The molecule has 1 aliphatic rings. The summed E-state index contributed by atoms with van der Waals surface area (Å²) in [7, 11) is 0. The number of hydrogen-bond acceptors (Lipinski definition) is 3. The molecule has 18 heavy (non-hydrogen) atoms. The molecule has 1 heterocycles. The molecule has 2 N–H and O–H groups in total. The van der Waals surface area contributed by atoms with E-state index in [-0.39, 0.29) is 17.4 Å². The van der Waals surface area contributed by atoms with Gasteiger partial charge in [-0.25, -0.2) is 4.98 Å². The maximum Gasteiger partial charge on any atom is 0.228 e. The van der Waals surface area contributed by atoms with Crippen LogP contribution in [0.3, 0.4) is 0 Å². The van der Waals surface area contributed by atoms with Gasteiger partial charge in [-0.3, -0.25) is 4.79 Å². The molecule has 5 nitrogen and oxygen atoms in total. The topological polar surface area (TPSA) is 67.2 Å². The van der Waals surface area contributed by atoms with Crippen molar-refractivity contribution in [1.29, 1.82) is 0 Å². The first-order chi connectivity index (χ1) is 8.33. The van der Waals surface area contributed by atoms with Gasteiger partial charge >= 0.3 is 0 Å². The summed E-state index contributed by atoms with van der Waals surface area (Å²) >= 11 is 0. The zero-order valence-electron chi connectivity index (χ0n) is 11.2. The second kappa shape index (κ2) is 4.39. The molecular weight excluding hydrogens is 230 g/mol. The molecule has 1 fully saturated rings. The lowest BCUT2D eigenvalue weighted by Gasteiger charge is -2.28. The Hall–Kier alpha value is -1.36. The van der Waals surface area contributed by atoms with E-state index < -0.39 is 5.60 Å². The van der Waals surface area contributed by atoms with Crippen LogP contribution >= 0.6 is 0 Å². The van der Waals surface area contributed by atoms with Crippen LogP contribution < -0.4 is 5.32 Å². The predicted molar refractivity (Wildman–Crippen MR) is 67.8 cm³/mol. The Balaban J connectivity index is 1.97. The van der Waals surface area contributed by atoms with Crippen LogP contribution in [0.4, 0.5) is 0 Å². The standard InChI is InChI=1S/C13H21N3O2/c1-10(12(2,3)18)15-11(17)13(4-5-13)8-16-7-6-14-9-16/h6-7,9-10,18H,4-5,8H2,1-3H3,(H,15,17)/t10-/m1/s1. The van der Waals surface area contributed by atoms with E-state index in [1.807, 2.05) is 17.7 Å². The van der Waals surface area contributed by atoms with Crippen molar-refractivity contribution in [3.63, 3.8) is 0 Å². The third-order valence-corrected chi connectivity index (χ3v) is 3.79. The molecule has 1 aromatic heterocycles. The highest BCUT2D eigenvalue weighted by Crippen LogP contribution is 2.47. The van der Waals surface area contributed by atoms with Gasteiger partial charge in [-0.1, -0.05) is 0 Å². The highest BCUT2D eigenvalue weighted by atomic mass is 16.3. The number of amides is 1. The fourth-order valence-electron chi connectivity index (χ4n) is 1.86. The van der Waals surface area contributed by atoms with Crippen molar-refractivity contribution in [3.8, 4) is 0 Å². The third kappa shape index (κ3) is 2.72. The molecule has 0 radical (unpaired) electrons. The Kier molecular flexibility index (Phi) is 3.19. The van der Waals surface area contributed by atoms with Crippen LogP contribution in [-0.4, -0.2) is 32.2 Å². The van der Waals surface area contributed by atoms with Crippen LogP contribution in [0.2, 0.25) is 0 Å². The number of aliphatic hydroxyl groups is 1. The van der Waals surface area contributed by atoms with E-state index in [2.05, 4.69) is 10.3 Å². The number of hydrogen-bond donors (Lipinski definition) is 2. The molecule has 0 saturated heterocycles. The van der Waals surface area contributed by atoms with E-state index in [4.69, 9.17) is 0 Å². The molecule has 1 amide bonds. The van der Waals surface area contributed by atoms with Crippen molar-refractivity contribution in [3.05, 3.63) is 18.7 Å². The summed E-state index contributed by atoms with van der Waals surface area (Å²) in [6.07, 6.45) is 7.11. The summed E-state index contributed by atoms with van der Waals surface area (Å²) < 4.78 is 1.93. The molecule has 0 aliphatic heterocycles. The maximum atomic E-state index is 12.3. The molecule has 0 bridgehead atoms. The molecule has 1 aromatic rings. The predicted octanol–water partition coefficient (Wildman–Crippen LogP) is 0.939. The van der Waals surface area contributed by atoms with Crippen molar-refractivity contribution in [2.75, 3.05) is 0 Å². The van der Waals surface area contributed by atoms with Crippen molar-refractivity contribution in [2.45, 2.75) is 51.8 Å². The molecular formula is C13H21N3O2. The minimum atomic E-state index is -0.902. The Morgan fingerprint density at radius 1 is 1.61 bits per heavy atom. The number of carbonyl (C=O) groups excluding carboxylic acids is 1. The minimum absolute atomic E-state index is 0.0332. The SMILES string of the molecule is C[C@@H](NC(=O)C1(Cn2ccnc2)CC1)C(C)(C)O. The first-order valence-corrected chi connectivity index (χ1v) is 6.33. The summed E-state index contributed by atoms with van der Waals surface area (Å²) in [5.41, 5.74) is -1.21. The quantitative estimate of drug-likeness (QED) is 0.818. The van der Waals surface area contributed by atoms with Gasteiger partial charge in [-0.15, -0.1) is 0 Å². The fourth-order valence-corrected chi connectivity index (χ4v) is 1.86. The highest BCUT2D eigenvalue weighted by Gasteiger charge is 2.50. The normalized spacial score (nSPS) is 19.3. The lowest BCUT2D eigenvalue weighted by molar-refractivity contribution is -0.129. The maximum absolute atomic E-state index is 12.3. The molecule has 5 heteroatoms. The van der Waals surface area contributed by atoms with Crippen molar-refractivity contribution in [2.24, 2.45) is 5.41 Å². The average molecular weight is 251 g/mol. The monoisotopic (exact) mass is 251 g/mol. The molecule has 1 saturated carbocycles. The van der Waals surface area contributed by atoms with Gasteiger partial charge in [0.2, 0.25) is 5.91 Å². The Bertz CT molecular complexity index is 416. The van der Waals surface area contributed by atoms with Crippen LogP contribution in [0.5, 0.6) is 0 Å². The number of nitrogens with one attached hydrogen (secondary N) is 1. The van der Waals surface area contributed by atoms with Gasteiger partial charge in [-0.2, -0.15) is 0 Å². The van der Waals surface area contributed by atoms with Crippen LogP contribution in [0.25, 0.3) is 0 Å². The van der Waals surface area contributed by atoms with Gasteiger partial charge in [0.05, 0.1) is 23.4 Å². The lowest BCUT2D eigenvalue weighted by atomic mass is 9.98. The molecule has 0 spiro atoms. The van der Waals surface area contributed by atoms with Crippen LogP contribution in [-0.2, 0) is 11.3 Å². The third-order valence-electron chi connectivity index (χ3n) is 3.79. The van der Waals surface area contributed by atoms with E-state index in [0.717, 1.165) is 12.8 Å². The van der Waals surface area contributed by atoms with Crippen molar-refractivity contribution < 1.29 is 9.90 Å². The minimum Gasteiger partial charge on any atom is -0.388 e. The number of aromatic nitrogens is 2. The Morgan fingerprint density at radius 2 is 2.28 bits per heavy atom. The molecule has 2 rings (SSSR count). The second-order valence-electron chi connectivity index (χ2n) is 5.86. The summed E-state index contributed by atoms with van der Waals surface area (Å²) in [6, 6.07) is -0.259. The molecule has 0 aromatic carbocycles. The second-order valence-corrected chi connectivity index (χ2v) is 5.86. The Morgan fingerprint density at radius 3 is 2.72 bits per heavy atom. The largest absolute Gasteiger partial charge is 0.388 e. The van der Waals surface area contributed by atoms with Gasteiger partial charge in [-0.05, 0) is 33.6 Å². The molecule has 0 unspecified atom stereocenters. The summed E-state index contributed by atoms with van der Waals surface area (Å²) in [6.45, 7) is 5.89. The smallest absolute Gasteiger partial charge is 0.228 e. The van der Waals surface area contributed by atoms with Gasteiger partial charge in [0, 0.05) is 18.9 Å². The average Bonchev–Trinajstić information content (AvgIpc) is 2.85. The van der Waals surface area contributed by atoms with Crippen LogP contribution in [0, 0.1) is 5.41 Å². The lowest BCUT2D eigenvalue weighted by Crippen LogP contribution is -2.50. The van der Waals surface area contributed by atoms with Gasteiger partial charge < -0.3 is 15.0 Å². The summed E-state index contributed by atoms with van der Waals surface area (Å²) in [4.78, 5) is 16.2. The zero-order valence-corrected chi connectivity index (χ0v) is 11.2. The number of carbonyl (C=O) groups is 1. The molecule has 1 aliphatic carbocycles. The van der Waals surface area contributed by atoms with E-state index in [1.54, 1.807) is 26.4 Å². The first-order valence-electron chi connectivity index (χ1n) is 6.33. The number of rotatable bonds is 5. The van der Waals surface area contributed by atoms with Crippen LogP contribution in [0.1, 0.15) is 33.6 Å². The van der Waals surface area contributed by atoms with Crippen molar-refractivity contribution >= 4 is 5.91 Å². The highest BCUT2D eigenvalue weighted by molar-refractivity contribution is 5.85. The van der Waals surface area contributed by atoms with E-state index in [9.17, 15) is 9.90 Å². The molecule has 100 valence electrons. The first kappa shape index (κ1) is 13.1. The van der Waals surface area contributed by atoms with Gasteiger partial charge in [0.1, 0.15) is 0 Å². The number of imidazole rings is 1. The van der Waals surface area contributed by atoms with Gasteiger partial charge in [0.15, 0.2) is 0 Å². The van der Waals surface area contributed by atoms with E-state index in [1.165, 1.54) is 0 Å². The number of nitrogens with zero attached hydrogens (tertiary/aromatic N) is 2. The summed E-state index contributed by atoms with van der Waals surface area (Å²) in [5.74, 6) is 0.0332. The van der Waals surface area contributed by atoms with Gasteiger partial charge in [0.25, 0.3) is 0 Å². The van der Waals surface area contributed by atoms with E-state index in [0.29, 0.717) is 6.54 Å². The van der Waals surface area contributed by atoms with Crippen molar-refractivity contribution in [1.82, 2.24) is 14.9 Å². The summed E-state index contributed by atoms with van der Waals surface area (Å²) in [5, 5.41) is 12.8. The molecule has 1 atom stereocenters. The Labute approximate surface area is 107 Å². The fraction of sp³-hybridized carbons (Fsp3) is 0.692. The van der Waals surface area contributed by atoms with E-state index >= 15 is 0 Å². The zero-order chi connectivity index (χ0) is 13.4. The van der Waals surface area contributed by atoms with Crippen LogP contribution in [0.15, 0.2) is 18.7 Å².